The van der Waals surface area contributed by atoms with E-state index in [-0.39, 0.29) is 23.8 Å². The fourth-order valence-electron chi connectivity index (χ4n) is 2.24. The van der Waals surface area contributed by atoms with E-state index in [1.54, 1.807) is 24.4 Å². The standard InChI is InChI=1S/C18H11N5S.ClH/c19-10-13-16(15-8-4-5-9-22-15)14(11-20)18(23-17(13)21)24-12-6-2-1-3-7-12;/h1-9H,(H2,21,23);1H. The summed E-state index contributed by atoms with van der Waals surface area (Å²) < 4.78 is 0. The van der Waals surface area contributed by atoms with Crippen LogP contribution in [0.25, 0.3) is 11.3 Å². The predicted molar refractivity (Wildman–Crippen MR) is 99.1 cm³/mol. The van der Waals surface area contributed by atoms with E-state index in [1.165, 1.54) is 11.8 Å². The molecule has 25 heavy (non-hydrogen) atoms. The van der Waals surface area contributed by atoms with E-state index in [0.717, 1.165) is 4.90 Å². The van der Waals surface area contributed by atoms with Gasteiger partial charge in [-0.05, 0) is 24.3 Å². The molecule has 2 aromatic heterocycles. The Morgan fingerprint density at radius 3 is 2.20 bits per heavy atom. The van der Waals surface area contributed by atoms with Gasteiger partial charge in [0.15, 0.2) is 0 Å². The number of nitriles is 2. The lowest BCUT2D eigenvalue weighted by atomic mass is 10.0. The molecule has 0 amide bonds. The molecule has 0 saturated heterocycles. The van der Waals surface area contributed by atoms with E-state index in [4.69, 9.17) is 5.73 Å². The van der Waals surface area contributed by atoms with Gasteiger partial charge >= 0.3 is 0 Å². The summed E-state index contributed by atoms with van der Waals surface area (Å²) in [6.07, 6.45) is 1.61. The number of benzene rings is 1. The van der Waals surface area contributed by atoms with Crippen molar-refractivity contribution in [3.63, 3.8) is 0 Å². The van der Waals surface area contributed by atoms with Gasteiger partial charge in [-0.1, -0.05) is 36.0 Å². The number of hydrogen-bond donors (Lipinski definition) is 1. The number of nitrogens with zero attached hydrogens (tertiary/aromatic N) is 4. The molecular formula is C18H12ClN5S. The molecule has 0 aliphatic rings. The van der Waals surface area contributed by atoms with E-state index in [0.29, 0.717) is 21.8 Å². The molecule has 3 aromatic rings. The van der Waals surface area contributed by atoms with E-state index in [9.17, 15) is 10.5 Å². The number of aromatic nitrogens is 2. The Hall–Kier alpha value is -3.06. The van der Waals surface area contributed by atoms with Gasteiger partial charge in [-0.3, -0.25) is 4.98 Å². The van der Waals surface area contributed by atoms with Crippen LogP contribution in [0.4, 0.5) is 5.82 Å². The Bertz CT molecular complexity index is 963. The number of hydrogen-bond acceptors (Lipinski definition) is 6. The third-order valence-corrected chi connectivity index (χ3v) is 4.29. The van der Waals surface area contributed by atoms with Crippen LogP contribution in [0, 0.1) is 22.7 Å². The monoisotopic (exact) mass is 365 g/mol. The molecule has 0 radical (unpaired) electrons. The second kappa shape index (κ2) is 8.16. The highest BCUT2D eigenvalue weighted by atomic mass is 35.5. The van der Waals surface area contributed by atoms with Crippen molar-refractivity contribution in [1.29, 1.82) is 10.5 Å². The normalized spacial score (nSPS) is 9.52. The number of anilines is 1. The van der Waals surface area contributed by atoms with Gasteiger partial charge in [-0.2, -0.15) is 10.5 Å². The van der Waals surface area contributed by atoms with Crippen molar-refractivity contribution in [2.24, 2.45) is 0 Å². The van der Waals surface area contributed by atoms with Gasteiger partial charge in [0.2, 0.25) is 0 Å². The minimum Gasteiger partial charge on any atom is -0.383 e. The lowest BCUT2D eigenvalue weighted by Crippen LogP contribution is -2.03. The maximum absolute atomic E-state index is 9.67. The molecule has 0 spiro atoms. The van der Waals surface area contributed by atoms with Gasteiger partial charge in [-0.15, -0.1) is 12.4 Å². The first-order valence-electron chi connectivity index (χ1n) is 7.02. The van der Waals surface area contributed by atoms with Gasteiger partial charge in [0.25, 0.3) is 0 Å². The maximum atomic E-state index is 9.67. The highest BCUT2D eigenvalue weighted by Crippen LogP contribution is 2.37. The van der Waals surface area contributed by atoms with Crippen molar-refractivity contribution in [2.75, 3.05) is 5.73 Å². The van der Waals surface area contributed by atoms with Crippen molar-refractivity contribution in [1.82, 2.24) is 9.97 Å². The molecule has 0 aliphatic carbocycles. The zero-order valence-electron chi connectivity index (χ0n) is 12.9. The summed E-state index contributed by atoms with van der Waals surface area (Å²) >= 11 is 1.33. The Morgan fingerprint density at radius 1 is 0.920 bits per heavy atom. The molecule has 2 heterocycles. The van der Waals surface area contributed by atoms with Crippen molar-refractivity contribution in [3.05, 3.63) is 65.9 Å². The smallest absolute Gasteiger partial charge is 0.143 e. The summed E-state index contributed by atoms with van der Waals surface area (Å²) in [4.78, 5) is 9.45. The number of rotatable bonds is 3. The van der Waals surface area contributed by atoms with Crippen LogP contribution in [-0.4, -0.2) is 9.97 Å². The van der Waals surface area contributed by atoms with Gasteiger partial charge in [0, 0.05) is 16.7 Å². The molecule has 3 rings (SSSR count). The van der Waals surface area contributed by atoms with Crippen molar-refractivity contribution < 1.29 is 0 Å². The first-order valence-corrected chi connectivity index (χ1v) is 7.84. The van der Waals surface area contributed by atoms with Crippen molar-refractivity contribution in [3.8, 4) is 23.4 Å². The molecule has 7 heteroatoms. The van der Waals surface area contributed by atoms with E-state index >= 15 is 0 Å². The fraction of sp³-hybridized carbons (Fsp3) is 0. The number of pyridine rings is 2. The number of nitrogens with two attached hydrogens (primary N) is 1. The number of halogens is 1. The van der Waals surface area contributed by atoms with Gasteiger partial charge in [-0.25, -0.2) is 4.98 Å². The van der Waals surface area contributed by atoms with Crippen LogP contribution >= 0.6 is 24.2 Å². The molecule has 5 nitrogen and oxygen atoms in total. The molecule has 1 aromatic carbocycles. The molecule has 0 aliphatic heterocycles. The highest BCUT2D eigenvalue weighted by Gasteiger charge is 2.21. The zero-order chi connectivity index (χ0) is 16.9. The highest BCUT2D eigenvalue weighted by molar-refractivity contribution is 7.99. The lowest BCUT2D eigenvalue weighted by Gasteiger charge is -2.12. The van der Waals surface area contributed by atoms with Crippen LogP contribution in [-0.2, 0) is 0 Å². The van der Waals surface area contributed by atoms with Crippen LogP contribution in [0.5, 0.6) is 0 Å². The molecule has 0 unspecified atom stereocenters. The van der Waals surface area contributed by atoms with Gasteiger partial charge < -0.3 is 5.73 Å². The summed E-state index contributed by atoms with van der Waals surface area (Å²) in [6, 6.07) is 19.1. The first kappa shape index (κ1) is 18.3. The molecule has 0 fully saturated rings. The molecule has 0 atom stereocenters. The minimum absolute atomic E-state index is 0. The molecular weight excluding hydrogens is 354 g/mol. The third-order valence-electron chi connectivity index (χ3n) is 3.29. The minimum atomic E-state index is 0. The topological polar surface area (TPSA) is 99.4 Å². The quantitative estimate of drug-likeness (QED) is 0.751. The summed E-state index contributed by atoms with van der Waals surface area (Å²) in [7, 11) is 0. The number of nitrogen functional groups attached to an aromatic ring is 1. The molecule has 122 valence electrons. The van der Waals surface area contributed by atoms with Crippen LogP contribution in [0.2, 0.25) is 0 Å². The van der Waals surface area contributed by atoms with E-state index in [1.807, 2.05) is 36.4 Å². The summed E-state index contributed by atoms with van der Waals surface area (Å²) in [5.41, 5.74) is 7.38. The van der Waals surface area contributed by atoms with Crippen LogP contribution in [0.3, 0.4) is 0 Å². The predicted octanol–water partition coefficient (Wildman–Crippen LogP) is 4.04. The SMILES string of the molecule is Cl.N#Cc1c(N)nc(Sc2ccccc2)c(C#N)c1-c1ccccn1. The van der Waals surface area contributed by atoms with Crippen molar-refractivity contribution >= 4 is 30.0 Å². The second-order valence-electron chi connectivity index (χ2n) is 4.78. The van der Waals surface area contributed by atoms with Crippen LogP contribution in [0.1, 0.15) is 11.1 Å². The average molecular weight is 366 g/mol. The Labute approximate surface area is 155 Å². The van der Waals surface area contributed by atoms with Gasteiger partial charge in [0.05, 0.1) is 11.3 Å². The molecule has 2 N–H and O–H groups in total. The van der Waals surface area contributed by atoms with Crippen LogP contribution in [0.15, 0.2) is 64.6 Å². The third kappa shape index (κ3) is 3.72. The summed E-state index contributed by atoms with van der Waals surface area (Å²) in [5.74, 6) is 0.0931. The summed E-state index contributed by atoms with van der Waals surface area (Å²) in [5, 5.41) is 19.6. The maximum Gasteiger partial charge on any atom is 0.143 e. The largest absolute Gasteiger partial charge is 0.383 e. The Morgan fingerprint density at radius 2 is 1.60 bits per heavy atom. The summed E-state index contributed by atoms with van der Waals surface area (Å²) in [6.45, 7) is 0. The first-order chi connectivity index (χ1) is 11.7. The Balaban J connectivity index is 0.00000225. The fourth-order valence-corrected chi connectivity index (χ4v) is 3.15. The lowest BCUT2D eigenvalue weighted by molar-refractivity contribution is 1.11. The van der Waals surface area contributed by atoms with Crippen molar-refractivity contribution in [2.45, 2.75) is 9.92 Å². The molecule has 0 bridgehead atoms. The van der Waals surface area contributed by atoms with Gasteiger partial charge in [0.1, 0.15) is 28.5 Å². The average Bonchev–Trinajstić information content (AvgIpc) is 2.63. The van der Waals surface area contributed by atoms with E-state index in [2.05, 4.69) is 16.0 Å². The van der Waals surface area contributed by atoms with Crippen LogP contribution < -0.4 is 5.73 Å². The zero-order valence-corrected chi connectivity index (χ0v) is 14.5. The second-order valence-corrected chi connectivity index (χ2v) is 5.84. The Kier molecular flexibility index (Phi) is 5.97. The molecule has 0 saturated carbocycles. The van der Waals surface area contributed by atoms with E-state index < -0.39 is 0 Å².